The fourth-order valence-electron chi connectivity index (χ4n) is 1.65. The first-order chi connectivity index (χ1) is 7.25. The Morgan fingerprint density at radius 1 is 1.33 bits per heavy atom. The maximum atomic E-state index is 11.9. The fraction of sp³-hybridized carbons (Fsp3) is 0.900. The van der Waals surface area contributed by atoms with E-state index in [1.165, 1.54) is 0 Å². The van der Waals surface area contributed by atoms with Gasteiger partial charge in [0.1, 0.15) is 0 Å². The molecule has 1 aliphatic rings. The standard InChI is InChI=1S/C10H19NO4/c1-3-14-10(5-7-13-8-6-10)9(12)11-15-4-2/h3-8H2,1-2H3,(H,11,12). The summed E-state index contributed by atoms with van der Waals surface area (Å²) < 4.78 is 10.8. The lowest BCUT2D eigenvalue weighted by Crippen LogP contribution is -2.52. The Morgan fingerprint density at radius 3 is 2.53 bits per heavy atom. The van der Waals surface area contributed by atoms with Crippen molar-refractivity contribution >= 4 is 5.91 Å². The van der Waals surface area contributed by atoms with Crippen LogP contribution < -0.4 is 5.48 Å². The molecule has 1 N–H and O–H groups in total. The third-order valence-electron chi connectivity index (χ3n) is 2.44. The fourth-order valence-corrected chi connectivity index (χ4v) is 1.65. The molecular weight excluding hydrogens is 198 g/mol. The van der Waals surface area contributed by atoms with Gasteiger partial charge in [-0.15, -0.1) is 0 Å². The molecule has 88 valence electrons. The van der Waals surface area contributed by atoms with E-state index in [-0.39, 0.29) is 5.91 Å². The van der Waals surface area contributed by atoms with Crippen molar-refractivity contribution in [1.82, 2.24) is 5.48 Å². The second kappa shape index (κ2) is 6.05. The Kier molecular flexibility index (Phi) is 5.01. The first-order valence-corrected chi connectivity index (χ1v) is 5.39. The Labute approximate surface area is 90.0 Å². The van der Waals surface area contributed by atoms with Crippen molar-refractivity contribution in [3.63, 3.8) is 0 Å². The molecule has 0 saturated carbocycles. The molecule has 1 aliphatic heterocycles. The lowest BCUT2D eigenvalue weighted by atomic mass is 9.93. The van der Waals surface area contributed by atoms with Gasteiger partial charge in [0.25, 0.3) is 5.91 Å². The van der Waals surface area contributed by atoms with Gasteiger partial charge in [-0.2, -0.15) is 0 Å². The van der Waals surface area contributed by atoms with E-state index in [9.17, 15) is 4.79 Å². The van der Waals surface area contributed by atoms with E-state index >= 15 is 0 Å². The van der Waals surface area contributed by atoms with Crippen molar-refractivity contribution in [3.05, 3.63) is 0 Å². The molecule has 0 atom stereocenters. The van der Waals surface area contributed by atoms with Crippen LogP contribution in [0.2, 0.25) is 0 Å². The molecule has 15 heavy (non-hydrogen) atoms. The number of hydrogen-bond acceptors (Lipinski definition) is 4. The molecule has 5 heteroatoms. The predicted molar refractivity (Wildman–Crippen MR) is 54.2 cm³/mol. The van der Waals surface area contributed by atoms with E-state index in [0.29, 0.717) is 39.3 Å². The van der Waals surface area contributed by atoms with Crippen molar-refractivity contribution in [2.75, 3.05) is 26.4 Å². The van der Waals surface area contributed by atoms with Crippen molar-refractivity contribution < 1.29 is 19.1 Å². The van der Waals surface area contributed by atoms with Gasteiger partial charge >= 0.3 is 0 Å². The maximum absolute atomic E-state index is 11.9. The summed E-state index contributed by atoms with van der Waals surface area (Å²) in [6.07, 6.45) is 1.17. The number of nitrogens with one attached hydrogen (secondary N) is 1. The molecule has 0 aliphatic carbocycles. The normalized spacial score (nSPS) is 19.9. The molecule has 1 fully saturated rings. The quantitative estimate of drug-likeness (QED) is 0.687. The van der Waals surface area contributed by atoms with Crippen LogP contribution in [0.4, 0.5) is 0 Å². The molecule has 0 aromatic carbocycles. The third-order valence-corrected chi connectivity index (χ3v) is 2.44. The summed E-state index contributed by atoms with van der Waals surface area (Å²) >= 11 is 0. The minimum atomic E-state index is -0.762. The lowest BCUT2D eigenvalue weighted by molar-refractivity contribution is -0.171. The van der Waals surface area contributed by atoms with Crippen LogP contribution in [-0.4, -0.2) is 37.9 Å². The van der Waals surface area contributed by atoms with Gasteiger partial charge in [-0.3, -0.25) is 9.63 Å². The molecule has 1 heterocycles. The van der Waals surface area contributed by atoms with Crippen LogP contribution in [0.15, 0.2) is 0 Å². The maximum Gasteiger partial charge on any atom is 0.275 e. The highest BCUT2D eigenvalue weighted by Gasteiger charge is 2.41. The summed E-state index contributed by atoms with van der Waals surface area (Å²) in [5.41, 5.74) is 1.65. The average Bonchev–Trinajstić information content (AvgIpc) is 2.27. The average molecular weight is 217 g/mol. The number of hydrogen-bond donors (Lipinski definition) is 1. The van der Waals surface area contributed by atoms with Gasteiger partial charge < -0.3 is 9.47 Å². The van der Waals surface area contributed by atoms with Crippen LogP contribution in [0.25, 0.3) is 0 Å². The van der Waals surface area contributed by atoms with Gasteiger partial charge in [0.15, 0.2) is 5.60 Å². The highest BCUT2D eigenvalue weighted by Crippen LogP contribution is 2.25. The Hall–Kier alpha value is -0.650. The van der Waals surface area contributed by atoms with Gasteiger partial charge in [-0.25, -0.2) is 5.48 Å². The summed E-state index contributed by atoms with van der Waals surface area (Å²) in [6, 6.07) is 0. The summed E-state index contributed by atoms with van der Waals surface area (Å²) in [5, 5.41) is 0. The molecule has 1 amide bonds. The summed E-state index contributed by atoms with van der Waals surface area (Å²) in [4.78, 5) is 16.8. The third kappa shape index (κ3) is 3.15. The van der Waals surface area contributed by atoms with E-state index in [1.54, 1.807) is 0 Å². The minimum Gasteiger partial charge on any atom is -0.381 e. The van der Waals surface area contributed by atoms with E-state index in [0.717, 1.165) is 0 Å². The second-order valence-corrected chi connectivity index (χ2v) is 3.40. The van der Waals surface area contributed by atoms with Crippen LogP contribution >= 0.6 is 0 Å². The van der Waals surface area contributed by atoms with Crippen LogP contribution in [0.3, 0.4) is 0 Å². The van der Waals surface area contributed by atoms with Crippen molar-refractivity contribution in [3.8, 4) is 0 Å². The molecule has 5 nitrogen and oxygen atoms in total. The van der Waals surface area contributed by atoms with Crippen molar-refractivity contribution in [2.45, 2.75) is 32.3 Å². The Balaban J connectivity index is 2.57. The lowest BCUT2D eigenvalue weighted by Gasteiger charge is -2.34. The zero-order valence-corrected chi connectivity index (χ0v) is 9.38. The van der Waals surface area contributed by atoms with Crippen LogP contribution in [-0.2, 0) is 19.1 Å². The highest BCUT2D eigenvalue weighted by molar-refractivity contribution is 5.84. The molecule has 0 spiro atoms. The van der Waals surface area contributed by atoms with Crippen molar-refractivity contribution in [2.24, 2.45) is 0 Å². The number of rotatable bonds is 5. The van der Waals surface area contributed by atoms with Crippen molar-refractivity contribution in [1.29, 1.82) is 0 Å². The Bertz CT molecular complexity index is 196. The summed E-state index contributed by atoms with van der Waals surface area (Å²) in [5.74, 6) is -0.200. The molecule has 0 radical (unpaired) electrons. The monoisotopic (exact) mass is 217 g/mol. The van der Waals surface area contributed by atoms with E-state index in [1.807, 2.05) is 13.8 Å². The number of hydroxylamine groups is 1. The van der Waals surface area contributed by atoms with E-state index in [2.05, 4.69) is 5.48 Å². The molecule has 1 saturated heterocycles. The molecule has 0 aromatic rings. The molecular formula is C10H19NO4. The first-order valence-electron chi connectivity index (χ1n) is 5.39. The molecule has 1 rings (SSSR count). The highest BCUT2D eigenvalue weighted by atomic mass is 16.7. The van der Waals surface area contributed by atoms with Crippen LogP contribution in [0, 0.1) is 0 Å². The largest absolute Gasteiger partial charge is 0.381 e. The number of amides is 1. The smallest absolute Gasteiger partial charge is 0.275 e. The zero-order chi connectivity index (χ0) is 11.1. The van der Waals surface area contributed by atoms with Crippen LogP contribution in [0.5, 0.6) is 0 Å². The minimum absolute atomic E-state index is 0.200. The topological polar surface area (TPSA) is 56.8 Å². The van der Waals surface area contributed by atoms with Gasteiger partial charge in [-0.1, -0.05) is 0 Å². The number of carbonyl (C=O) groups is 1. The SMILES string of the molecule is CCONC(=O)C1(OCC)CCOCC1. The molecule has 0 unspecified atom stereocenters. The molecule has 0 aromatic heterocycles. The summed E-state index contributed by atoms with van der Waals surface area (Å²) in [6.45, 7) is 5.77. The Morgan fingerprint density at radius 2 is 2.00 bits per heavy atom. The summed E-state index contributed by atoms with van der Waals surface area (Å²) in [7, 11) is 0. The second-order valence-electron chi connectivity index (χ2n) is 3.40. The predicted octanol–water partition coefficient (Wildman–Crippen LogP) is 0.640. The van der Waals surface area contributed by atoms with Crippen LogP contribution in [0.1, 0.15) is 26.7 Å². The zero-order valence-electron chi connectivity index (χ0n) is 9.38. The van der Waals surface area contributed by atoms with Gasteiger partial charge in [0.2, 0.25) is 0 Å². The van der Waals surface area contributed by atoms with Gasteiger partial charge in [-0.05, 0) is 13.8 Å². The van der Waals surface area contributed by atoms with Gasteiger partial charge in [0, 0.05) is 32.7 Å². The van der Waals surface area contributed by atoms with E-state index < -0.39 is 5.60 Å². The van der Waals surface area contributed by atoms with E-state index in [4.69, 9.17) is 14.3 Å². The first kappa shape index (κ1) is 12.4. The number of carbonyl (C=O) groups excluding carboxylic acids is 1. The number of ether oxygens (including phenoxy) is 2. The van der Waals surface area contributed by atoms with Gasteiger partial charge in [0.05, 0.1) is 6.61 Å². The molecule has 0 bridgehead atoms.